The van der Waals surface area contributed by atoms with E-state index in [1.807, 2.05) is 60.9 Å². The summed E-state index contributed by atoms with van der Waals surface area (Å²) < 4.78 is 5.36. The average molecular weight is 471 g/mol. The van der Waals surface area contributed by atoms with Crippen LogP contribution in [0.2, 0.25) is 0 Å². The van der Waals surface area contributed by atoms with Crippen molar-refractivity contribution in [3.8, 4) is 0 Å². The molecular weight excluding hydrogens is 440 g/mol. The largest absolute Gasteiger partial charge is 0.447 e. The lowest BCUT2D eigenvalue weighted by molar-refractivity contribution is -0.129. The molecule has 8 nitrogen and oxygen atoms in total. The van der Waals surface area contributed by atoms with E-state index in [4.69, 9.17) is 4.74 Å². The predicted octanol–water partition coefficient (Wildman–Crippen LogP) is 3.34. The second-order valence-corrected chi connectivity index (χ2v) is 10.5. The smallest absolute Gasteiger partial charge is 0.410 e. The number of aromatic nitrogens is 2. The second kappa shape index (κ2) is 9.59. The van der Waals surface area contributed by atoms with Crippen LogP contribution in [0, 0.1) is 0 Å². The molecule has 4 rings (SSSR count). The van der Waals surface area contributed by atoms with Crippen molar-refractivity contribution in [3.05, 3.63) is 58.0 Å². The fraction of sp³-hybridized carbons (Fsp3) is 0.500. The van der Waals surface area contributed by atoms with Gasteiger partial charge in [-0.1, -0.05) is 62.9 Å². The third-order valence-corrected chi connectivity index (χ3v) is 6.99. The normalized spacial score (nSPS) is 19.6. The van der Waals surface area contributed by atoms with Gasteiger partial charge in [0.25, 0.3) is 5.56 Å². The highest BCUT2D eigenvalue weighted by molar-refractivity contribution is 7.99. The number of benzene rings is 1. The van der Waals surface area contributed by atoms with Crippen LogP contribution in [-0.4, -0.2) is 63.3 Å². The van der Waals surface area contributed by atoms with E-state index in [1.54, 1.807) is 0 Å². The van der Waals surface area contributed by atoms with Gasteiger partial charge in [0.1, 0.15) is 6.61 Å². The number of nitrogens with zero attached hydrogens (tertiary/aromatic N) is 3. The maximum atomic E-state index is 12.8. The van der Waals surface area contributed by atoms with Gasteiger partial charge in [-0.05, 0) is 18.4 Å². The first-order chi connectivity index (χ1) is 15.7. The van der Waals surface area contributed by atoms with Gasteiger partial charge in [0.2, 0.25) is 5.91 Å². The minimum absolute atomic E-state index is 0.00543. The van der Waals surface area contributed by atoms with E-state index < -0.39 is 0 Å². The molecular formula is C24H30N4O4S. The summed E-state index contributed by atoms with van der Waals surface area (Å²) in [7, 11) is 0. The molecule has 1 aromatic heterocycles. The van der Waals surface area contributed by atoms with Crippen molar-refractivity contribution in [2.45, 2.75) is 56.3 Å². The van der Waals surface area contributed by atoms with Crippen LogP contribution < -0.4 is 5.56 Å². The van der Waals surface area contributed by atoms with E-state index in [1.165, 1.54) is 17.8 Å². The van der Waals surface area contributed by atoms with Gasteiger partial charge in [0.15, 0.2) is 5.16 Å². The number of carbonyl (C=O) groups excluding carboxylic acids is 2. The van der Waals surface area contributed by atoms with Crippen molar-refractivity contribution in [1.29, 1.82) is 0 Å². The van der Waals surface area contributed by atoms with Crippen LogP contribution in [0.15, 0.2) is 46.3 Å². The summed E-state index contributed by atoms with van der Waals surface area (Å²) in [5, 5.41) is 0.459. The zero-order valence-corrected chi connectivity index (χ0v) is 20.1. The summed E-state index contributed by atoms with van der Waals surface area (Å²) in [6.07, 6.45) is 1.14. The van der Waals surface area contributed by atoms with E-state index in [2.05, 4.69) is 9.97 Å². The molecule has 2 aromatic rings. The molecule has 1 atom stereocenters. The van der Waals surface area contributed by atoms with Crippen molar-refractivity contribution >= 4 is 23.8 Å². The Hall–Kier alpha value is -2.81. The molecule has 0 spiro atoms. The first-order valence-electron chi connectivity index (χ1n) is 11.2. The highest BCUT2D eigenvalue weighted by Crippen LogP contribution is 2.33. The molecule has 176 valence electrons. The molecule has 2 fully saturated rings. The Bertz CT molecular complexity index is 1060. The molecule has 0 aliphatic carbocycles. The van der Waals surface area contributed by atoms with Crippen molar-refractivity contribution in [2.75, 3.05) is 25.4 Å². The van der Waals surface area contributed by atoms with Gasteiger partial charge in [-0.2, -0.15) is 0 Å². The van der Waals surface area contributed by atoms with Gasteiger partial charge in [-0.15, -0.1) is 0 Å². The third-order valence-electron chi connectivity index (χ3n) is 6.13. The Morgan fingerprint density at radius 3 is 2.55 bits per heavy atom. The van der Waals surface area contributed by atoms with Crippen LogP contribution in [-0.2, 0) is 14.9 Å². The quantitative estimate of drug-likeness (QED) is 0.532. The van der Waals surface area contributed by atoms with Gasteiger partial charge < -0.3 is 14.6 Å². The summed E-state index contributed by atoms with van der Waals surface area (Å²) in [5.74, 6) is 0.213. The molecule has 1 aromatic carbocycles. The Morgan fingerprint density at radius 2 is 1.88 bits per heavy atom. The van der Waals surface area contributed by atoms with Crippen molar-refractivity contribution in [3.63, 3.8) is 0 Å². The minimum Gasteiger partial charge on any atom is -0.447 e. The molecule has 2 saturated heterocycles. The van der Waals surface area contributed by atoms with E-state index in [9.17, 15) is 14.4 Å². The van der Waals surface area contributed by atoms with Gasteiger partial charge in [-0.25, -0.2) is 9.78 Å². The van der Waals surface area contributed by atoms with Crippen molar-refractivity contribution < 1.29 is 14.3 Å². The Kier molecular flexibility index (Phi) is 6.78. The van der Waals surface area contributed by atoms with Crippen LogP contribution in [0.3, 0.4) is 0 Å². The molecule has 3 heterocycles. The SMILES string of the molecule is CC(C)(C)c1cc(=O)[nH]c(SCC(=O)N2CCC(N3C(=O)OC[C@H]3c3ccccc3)CC2)n1. The fourth-order valence-corrected chi connectivity index (χ4v) is 5.05. The first kappa shape index (κ1) is 23.4. The number of H-pyrrole nitrogens is 1. The van der Waals surface area contributed by atoms with E-state index in [-0.39, 0.29) is 40.8 Å². The zero-order valence-electron chi connectivity index (χ0n) is 19.2. The summed E-state index contributed by atoms with van der Waals surface area (Å²) in [5.41, 5.74) is 1.31. The Morgan fingerprint density at radius 1 is 1.18 bits per heavy atom. The molecule has 0 unspecified atom stereocenters. The summed E-state index contributed by atoms with van der Waals surface area (Å²) in [6.45, 7) is 7.52. The molecule has 33 heavy (non-hydrogen) atoms. The Labute approximate surface area is 197 Å². The van der Waals surface area contributed by atoms with Crippen LogP contribution in [0.4, 0.5) is 4.79 Å². The molecule has 2 amide bonds. The van der Waals surface area contributed by atoms with Gasteiger partial charge in [-0.3, -0.25) is 14.5 Å². The van der Waals surface area contributed by atoms with Crippen LogP contribution in [0.5, 0.6) is 0 Å². The fourth-order valence-electron chi connectivity index (χ4n) is 4.27. The number of likely N-dealkylation sites (tertiary alicyclic amines) is 1. The topological polar surface area (TPSA) is 95.6 Å². The number of hydrogen-bond donors (Lipinski definition) is 1. The molecule has 9 heteroatoms. The van der Waals surface area contributed by atoms with Gasteiger partial charge in [0, 0.05) is 30.6 Å². The lowest BCUT2D eigenvalue weighted by Gasteiger charge is -2.38. The highest BCUT2D eigenvalue weighted by atomic mass is 32.2. The van der Waals surface area contributed by atoms with E-state index in [0.29, 0.717) is 43.4 Å². The number of amides is 2. The van der Waals surface area contributed by atoms with E-state index >= 15 is 0 Å². The number of carbonyl (C=O) groups is 2. The summed E-state index contributed by atoms with van der Waals surface area (Å²) >= 11 is 1.25. The molecule has 1 N–H and O–H groups in total. The molecule has 2 aliphatic heterocycles. The number of cyclic esters (lactones) is 1. The number of hydrogen-bond acceptors (Lipinski definition) is 6. The standard InChI is InChI=1S/C24H30N4O4S/c1-24(2,3)19-13-20(29)26-22(25-19)33-15-21(30)27-11-9-17(10-12-27)28-18(14-32-23(28)31)16-7-5-4-6-8-16/h4-8,13,17-18H,9-12,14-15H2,1-3H3,(H,25,26,29)/t18-/m0/s1. The van der Waals surface area contributed by atoms with Crippen LogP contribution in [0.1, 0.15) is 50.9 Å². The molecule has 0 saturated carbocycles. The molecule has 0 bridgehead atoms. The Balaban J connectivity index is 1.33. The van der Waals surface area contributed by atoms with Crippen LogP contribution in [0.25, 0.3) is 0 Å². The van der Waals surface area contributed by atoms with Crippen molar-refractivity contribution in [1.82, 2.24) is 19.8 Å². The maximum Gasteiger partial charge on any atom is 0.410 e. The third kappa shape index (κ3) is 5.40. The number of piperidine rings is 1. The van der Waals surface area contributed by atoms with Crippen LogP contribution >= 0.6 is 11.8 Å². The lowest BCUT2D eigenvalue weighted by atomic mass is 9.92. The number of ether oxygens (including phenoxy) is 1. The zero-order chi connectivity index (χ0) is 23.6. The van der Waals surface area contributed by atoms with Gasteiger partial charge in [0.05, 0.1) is 17.5 Å². The van der Waals surface area contributed by atoms with E-state index in [0.717, 1.165) is 5.56 Å². The first-order valence-corrected chi connectivity index (χ1v) is 12.2. The van der Waals surface area contributed by atoms with Crippen molar-refractivity contribution in [2.24, 2.45) is 0 Å². The summed E-state index contributed by atoms with van der Waals surface area (Å²) in [4.78, 5) is 48.1. The minimum atomic E-state index is -0.280. The number of nitrogens with one attached hydrogen (secondary N) is 1. The maximum absolute atomic E-state index is 12.8. The highest BCUT2D eigenvalue weighted by Gasteiger charge is 2.40. The number of aromatic amines is 1. The molecule has 0 radical (unpaired) electrons. The number of thioether (sulfide) groups is 1. The summed E-state index contributed by atoms with van der Waals surface area (Å²) in [6, 6.07) is 11.4. The lowest BCUT2D eigenvalue weighted by Crippen LogP contribution is -2.48. The molecule has 2 aliphatic rings. The number of rotatable bonds is 5. The van der Waals surface area contributed by atoms with Gasteiger partial charge >= 0.3 is 6.09 Å². The predicted molar refractivity (Wildman–Crippen MR) is 126 cm³/mol. The monoisotopic (exact) mass is 470 g/mol. The second-order valence-electron chi connectivity index (χ2n) is 9.50. The average Bonchev–Trinajstić information content (AvgIpc) is 3.18.